The predicted octanol–water partition coefficient (Wildman–Crippen LogP) is 2.23. The SMILES string of the molecule is Cc1ccc2cc3c(cc2n1)CCNCC3. The van der Waals surface area contributed by atoms with E-state index in [1.165, 1.54) is 16.5 Å². The van der Waals surface area contributed by atoms with Gasteiger partial charge in [0, 0.05) is 11.1 Å². The average molecular weight is 212 g/mol. The molecule has 0 amide bonds. The molecule has 82 valence electrons. The number of aryl methyl sites for hydroxylation is 1. The summed E-state index contributed by atoms with van der Waals surface area (Å²) in [5, 5.41) is 4.71. The van der Waals surface area contributed by atoms with Gasteiger partial charge in [0.25, 0.3) is 0 Å². The van der Waals surface area contributed by atoms with Gasteiger partial charge in [-0.05, 0) is 62.2 Å². The van der Waals surface area contributed by atoms with Gasteiger partial charge < -0.3 is 5.32 Å². The third kappa shape index (κ3) is 1.69. The van der Waals surface area contributed by atoms with Crippen molar-refractivity contribution in [2.75, 3.05) is 13.1 Å². The monoisotopic (exact) mass is 212 g/mol. The zero-order chi connectivity index (χ0) is 11.0. The average Bonchev–Trinajstić information content (AvgIpc) is 2.50. The van der Waals surface area contributed by atoms with Crippen LogP contribution in [0.4, 0.5) is 0 Å². The van der Waals surface area contributed by atoms with Gasteiger partial charge in [-0.25, -0.2) is 0 Å². The Morgan fingerprint density at radius 2 is 1.81 bits per heavy atom. The van der Waals surface area contributed by atoms with Crippen LogP contribution in [0.2, 0.25) is 0 Å². The quantitative estimate of drug-likeness (QED) is 0.724. The molecule has 1 aliphatic heterocycles. The minimum atomic E-state index is 1.09. The first-order chi connectivity index (χ1) is 7.83. The van der Waals surface area contributed by atoms with Crippen LogP contribution in [0.1, 0.15) is 16.8 Å². The number of rotatable bonds is 0. The van der Waals surface area contributed by atoms with Crippen molar-refractivity contribution in [3.8, 4) is 0 Å². The predicted molar refractivity (Wildman–Crippen MR) is 66.8 cm³/mol. The zero-order valence-electron chi connectivity index (χ0n) is 9.59. The van der Waals surface area contributed by atoms with Crippen LogP contribution in [0.15, 0.2) is 24.3 Å². The van der Waals surface area contributed by atoms with Gasteiger partial charge in [-0.15, -0.1) is 0 Å². The molecule has 3 rings (SSSR count). The molecule has 2 heterocycles. The van der Waals surface area contributed by atoms with E-state index in [2.05, 4.69) is 34.6 Å². The second-order valence-electron chi connectivity index (χ2n) is 4.52. The van der Waals surface area contributed by atoms with E-state index >= 15 is 0 Å². The van der Waals surface area contributed by atoms with Gasteiger partial charge in [-0.3, -0.25) is 4.98 Å². The highest BCUT2D eigenvalue weighted by atomic mass is 14.8. The third-order valence-corrected chi connectivity index (χ3v) is 3.29. The number of hydrogen-bond acceptors (Lipinski definition) is 2. The molecule has 0 unspecified atom stereocenters. The van der Waals surface area contributed by atoms with Crippen LogP contribution < -0.4 is 5.32 Å². The molecule has 0 aliphatic carbocycles. The standard InChI is InChI=1S/C14H16N2/c1-10-2-3-13-8-11-4-6-15-7-5-12(11)9-14(13)16-10/h2-3,8-9,15H,4-7H2,1H3. The maximum absolute atomic E-state index is 4.59. The number of nitrogens with one attached hydrogen (secondary N) is 1. The van der Waals surface area contributed by atoms with Crippen LogP contribution in [-0.4, -0.2) is 18.1 Å². The van der Waals surface area contributed by atoms with Crippen molar-refractivity contribution in [1.29, 1.82) is 0 Å². The number of hydrogen-bond donors (Lipinski definition) is 1. The molecule has 0 atom stereocenters. The highest BCUT2D eigenvalue weighted by molar-refractivity contribution is 5.80. The summed E-state index contributed by atoms with van der Waals surface area (Å²) in [6, 6.07) is 8.84. The van der Waals surface area contributed by atoms with E-state index in [-0.39, 0.29) is 0 Å². The van der Waals surface area contributed by atoms with E-state index < -0.39 is 0 Å². The molecule has 0 bridgehead atoms. The van der Waals surface area contributed by atoms with Gasteiger partial charge in [0.05, 0.1) is 5.52 Å². The van der Waals surface area contributed by atoms with Crippen LogP contribution in [0, 0.1) is 6.92 Å². The van der Waals surface area contributed by atoms with E-state index in [1.807, 2.05) is 6.92 Å². The van der Waals surface area contributed by atoms with Crippen molar-refractivity contribution in [2.45, 2.75) is 19.8 Å². The van der Waals surface area contributed by atoms with Gasteiger partial charge in [-0.1, -0.05) is 6.07 Å². The number of benzene rings is 1. The Kier molecular flexibility index (Phi) is 2.37. The lowest BCUT2D eigenvalue weighted by Gasteiger charge is -2.07. The molecule has 2 heteroatoms. The second-order valence-corrected chi connectivity index (χ2v) is 4.52. The van der Waals surface area contributed by atoms with Gasteiger partial charge in [-0.2, -0.15) is 0 Å². The van der Waals surface area contributed by atoms with E-state index in [0.29, 0.717) is 0 Å². The zero-order valence-corrected chi connectivity index (χ0v) is 9.59. The number of aromatic nitrogens is 1. The summed E-state index contributed by atoms with van der Waals surface area (Å²) in [7, 11) is 0. The lowest BCUT2D eigenvalue weighted by atomic mass is 10.00. The Morgan fingerprint density at radius 1 is 1.06 bits per heavy atom. The molecule has 0 saturated heterocycles. The first-order valence-electron chi connectivity index (χ1n) is 5.93. The smallest absolute Gasteiger partial charge is 0.0708 e. The lowest BCUT2D eigenvalue weighted by Crippen LogP contribution is -2.16. The second kappa shape index (κ2) is 3.87. The molecule has 2 nitrogen and oxygen atoms in total. The topological polar surface area (TPSA) is 24.9 Å². The Labute approximate surface area is 95.7 Å². The molecule has 0 saturated carbocycles. The molecule has 1 aliphatic rings. The maximum Gasteiger partial charge on any atom is 0.0708 e. The fourth-order valence-corrected chi connectivity index (χ4v) is 2.40. The van der Waals surface area contributed by atoms with Gasteiger partial charge >= 0.3 is 0 Å². The van der Waals surface area contributed by atoms with E-state index in [1.54, 1.807) is 0 Å². The van der Waals surface area contributed by atoms with Crippen molar-refractivity contribution < 1.29 is 0 Å². The van der Waals surface area contributed by atoms with Crippen molar-refractivity contribution in [3.05, 3.63) is 41.1 Å². The van der Waals surface area contributed by atoms with Crippen LogP contribution >= 0.6 is 0 Å². The van der Waals surface area contributed by atoms with Crippen molar-refractivity contribution in [3.63, 3.8) is 0 Å². The lowest BCUT2D eigenvalue weighted by molar-refractivity contribution is 0.711. The number of pyridine rings is 1. The van der Waals surface area contributed by atoms with E-state index in [0.717, 1.165) is 37.1 Å². The van der Waals surface area contributed by atoms with Gasteiger partial charge in [0.1, 0.15) is 0 Å². The minimum Gasteiger partial charge on any atom is -0.316 e. The fourth-order valence-electron chi connectivity index (χ4n) is 2.40. The molecule has 0 radical (unpaired) electrons. The first kappa shape index (κ1) is 9.79. The first-order valence-corrected chi connectivity index (χ1v) is 5.93. The molecule has 0 fully saturated rings. The molecular formula is C14H16N2. The molecule has 1 aromatic heterocycles. The largest absolute Gasteiger partial charge is 0.316 e. The van der Waals surface area contributed by atoms with Crippen molar-refractivity contribution >= 4 is 10.9 Å². The molecule has 1 aromatic carbocycles. The Bertz CT molecular complexity index is 531. The summed E-state index contributed by atoms with van der Waals surface area (Å²) in [5.41, 5.74) is 5.19. The minimum absolute atomic E-state index is 1.09. The van der Waals surface area contributed by atoms with Crippen LogP contribution in [0.25, 0.3) is 10.9 Å². The van der Waals surface area contributed by atoms with Crippen molar-refractivity contribution in [2.24, 2.45) is 0 Å². The summed E-state index contributed by atoms with van der Waals surface area (Å²) in [6.07, 6.45) is 2.26. The Hall–Kier alpha value is -1.41. The Balaban J connectivity index is 2.20. The number of fused-ring (bicyclic) bond motifs is 2. The normalized spacial score (nSPS) is 15.8. The van der Waals surface area contributed by atoms with Crippen LogP contribution in [-0.2, 0) is 12.8 Å². The molecule has 0 spiro atoms. The van der Waals surface area contributed by atoms with E-state index in [4.69, 9.17) is 0 Å². The molecule has 2 aromatic rings. The maximum atomic E-state index is 4.59. The molecular weight excluding hydrogens is 196 g/mol. The highest BCUT2D eigenvalue weighted by Gasteiger charge is 2.09. The summed E-state index contributed by atoms with van der Waals surface area (Å²) in [4.78, 5) is 4.59. The van der Waals surface area contributed by atoms with Gasteiger partial charge in [0.2, 0.25) is 0 Å². The number of nitrogens with zero attached hydrogens (tertiary/aromatic N) is 1. The summed E-state index contributed by atoms with van der Waals surface area (Å²) in [6.45, 7) is 4.23. The highest BCUT2D eigenvalue weighted by Crippen LogP contribution is 2.21. The summed E-state index contributed by atoms with van der Waals surface area (Å²) in [5.74, 6) is 0. The van der Waals surface area contributed by atoms with Crippen LogP contribution in [0.3, 0.4) is 0 Å². The summed E-state index contributed by atoms with van der Waals surface area (Å²) < 4.78 is 0. The van der Waals surface area contributed by atoms with Crippen molar-refractivity contribution in [1.82, 2.24) is 10.3 Å². The summed E-state index contributed by atoms with van der Waals surface area (Å²) >= 11 is 0. The molecule has 1 N–H and O–H groups in total. The third-order valence-electron chi connectivity index (χ3n) is 3.29. The molecule has 16 heavy (non-hydrogen) atoms. The van der Waals surface area contributed by atoms with Crippen LogP contribution in [0.5, 0.6) is 0 Å². The Morgan fingerprint density at radius 3 is 2.62 bits per heavy atom. The fraction of sp³-hybridized carbons (Fsp3) is 0.357. The van der Waals surface area contributed by atoms with Gasteiger partial charge in [0.15, 0.2) is 0 Å². The van der Waals surface area contributed by atoms with E-state index in [9.17, 15) is 0 Å².